The Morgan fingerprint density at radius 2 is 1.73 bits per heavy atom. The molecule has 0 radical (unpaired) electrons. The van der Waals surface area contributed by atoms with Crippen molar-refractivity contribution < 1.29 is 14.3 Å². The van der Waals surface area contributed by atoms with Crippen molar-refractivity contribution in [2.24, 2.45) is 0 Å². The van der Waals surface area contributed by atoms with Crippen LogP contribution in [0.2, 0.25) is 0 Å². The maximum atomic E-state index is 12.6. The Labute approximate surface area is 156 Å². The van der Waals surface area contributed by atoms with Crippen LogP contribution in [0.15, 0.2) is 42.5 Å². The van der Waals surface area contributed by atoms with Crippen LogP contribution in [0.4, 0.5) is 0 Å². The fourth-order valence-electron chi connectivity index (χ4n) is 2.90. The van der Waals surface area contributed by atoms with Gasteiger partial charge in [0.05, 0.1) is 7.11 Å². The molecule has 4 heteroatoms. The number of hydrogen-bond donors (Lipinski definition) is 1. The lowest BCUT2D eigenvalue weighted by Gasteiger charge is -2.19. The molecule has 1 N–H and O–H groups in total. The molecule has 2 aromatic rings. The smallest absolute Gasteiger partial charge is 0.261 e. The second kappa shape index (κ2) is 9.85. The molecule has 140 valence electrons. The minimum atomic E-state index is -0.550. The standard InChI is InChI=1S/C22H29NO3/c1-5-16-12-13-17(6-2)18(14-16)15-23-22(24)19(7-3)26-21-11-9-8-10-20(21)25-4/h8-14,19H,5-7,15H2,1-4H3,(H,23,24)/t19-/m0/s1. The third-order valence-corrected chi connectivity index (χ3v) is 4.51. The van der Waals surface area contributed by atoms with Gasteiger partial charge in [0.15, 0.2) is 17.6 Å². The summed E-state index contributed by atoms with van der Waals surface area (Å²) in [5.41, 5.74) is 3.72. The van der Waals surface area contributed by atoms with Gasteiger partial charge in [-0.25, -0.2) is 0 Å². The van der Waals surface area contributed by atoms with Crippen molar-refractivity contribution in [1.29, 1.82) is 0 Å². The van der Waals surface area contributed by atoms with Crippen molar-refractivity contribution in [3.8, 4) is 11.5 Å². The molecule has 2 rings (SSSR count). The van der Waals surface area contributed by atoms with Crippen LogP contribution in [-0.2, 0) is 24.2 Å². The lowest BCUT2D eigenvalue weighted by molar-refractivity contribution is -0.128. The number of carbonyl (C=O) groups excluding carboxylic acids is 1. The summed E-state index contributed by atoms with van der Waals surface area (Å²) < 4.78 is 11.2. The van der Waals surface area contributed by atoms with Gasteiger partial charge in [-0.15, -0.1) is 0 Å². The molecule has 4 nitrogen and oxygen atoms in total. The summed E-state index contributed by atoms with van der Waals surface area (Å²) >= 11 is 0. The molecule has 0 heterocycles. The normalized spacial score (nSPS) is 11.7. The first-order chi connectivity index (χ1) is 12.6. The van der Waals surface area contributed by atoms with Crippen LogP contribution in [0, 0.1) is 0 Å². The molecule has 0 fully saturated rings. The van der Waals surface area contributed by atoms with Crippen molar-refractivity contribution in [2.75, 3.05) is 7.11 Å². The van der Waals surface area contributed by atoms with Gasteiger partial charge in [0.25, 0.3) is 5.91 Å². The Hall–Kier alpha value is -2.49. The van der Waals surface area contributed by atoms with Crippen LogP contribution in [0.3, 0.4) is 0 Å². The van der Waals surface area contributed by atoms with Gasteiger partial charge in [0, 0.05) is 6.54 Å². The van der Waals surface area contributed by atoms with Gasteiger partial charge in [-0.1, -0.05) is 51.1 Å². The lowest BCUT2D eigenvalue weighted by Crippen LogP contribution is -2.37. The zero-order valence-electron chi connectivity index (χ0n) is 16.2. The zero-order chi connectivity index (χ0) is 18.9. The van der Waals surface area contributed by atoms with E-state index in [1.54, 1.807) is 7.11 Å². The number of rotatable bonds is 9. The van der Waals surface area contributed by atoms with Gasteiger partial charge in [-0.05, 0) is 48.1 Å². The van der Waals surface area contributed by atoms with E-state index in [2.05, 4.69) is 37.4 Å². The highest BCUT2D eigenvalue weighted by molar-refractivity contribution is 5.81. The molecule has 0 saturated heterocycles. The minimum absolute atomic E-state index is 0.109. The molecule has 0 saturated carbocycles. The topological polar surface area (TPSA) is 47.6 Å². The van der Waals surface area contributed by atoms with Gasteiger partial charge >= 0.3 is 0 Å². The highest BCUT2D eigenvalue weighted by atomic mass is 16.5. The first kappa shape index (κ1) is 19.8. The number of amides is 1. The van der Waals surface area contributed by atoms with E-state index in [9.17, 15) is 4.79 Å². The van der Waals surface area contributed by atoms with E-state index in [4.69, 9.17) is 9.47 Å². The number of hydrogen-bond acceptors (Lipinski definition) is 3. The summed E-state index contributed by atoms with van der Waals surface area (Å²) in [6.45, 7) is 6.72. The highest BCUT2D eigenvalue weighted by Crippen LogP contribution is 2.27. The third-order valence-electron chi connectivity index (χ3n) is 4.51. The molecule has 0 spiro atoms. The average Bonchev–Trinajstić information content (AvgIpc) is 2.70. The fraction of sp³-hybridized carbons (Fsp3) is 0.409. The van der Waals surface area contributed by atoms with E-state index in [1.807, 2.05) is 31.2 Å². The predicted octanol–water partition coefficient (Wildman–Crippen LogP) is 4.29. The predicted molar refractivity (Wildman–Crippen MR) is 105 cm³/mol. The van der Waals surface area contributed by atoms with Crippen LogP contribution < -0.4 is 14.8 Å². The maximum absolute atomic E-state index is 12.6. The second-order valence-electron chi connectivity index (χ2n) is 6.19. The number of aryl methyl sites for hydroxylation is 2. The van der Waals surface area contributed by atoms with Crippen LogP contribution in [0.5, 0.6) is 11.5 Å². The molecule has 1 amide bonds. The molecular weight excluding hydrogens is 326 g/mol. The van der Waals surface area contributed by atoms with E-state index < -0.39 is 6.10 Å². The molecule has 0 bridgehead atoms. The van der Waals surface area contributed by atoms with Crippen LogP contribution >= 0.6 is 0 Å². The van der Waals surface area contributed by atoms with Gasteiger partial charge in [-0.2, -0.15) is 0 Å². The highest BCUT2D eigenvalue weighted by Gasteiger charge is 2.20. The summed E-state index contributed by atoms with van der Waals surface area (Å²) in [6, 6.07) is 13.9. The van der Waals surface area contributed by atoms with Crippen LogP contribution in [-0.4, -0.2) is 19.1 Å². The molecule has 0 unspecified atom stereocenters. The Bertz CT molecular complexity index is 727. The Morgan fingerprint density at radius 1 is 1.00 bits per heavy atom. The van der Waals surface area contributed by atoms with E-state index in [1.165, 1.54) is 16.7 Å². The van der Waals surface area contributed by atoms with Gasteiger partial charge in [0.2, 0.25) is 0 Å². The minimum Gasteiger partial charge on any atom is -0.493 e. The molecule has 2 aromatic carbocycles. The Balaban J connectivity index is 2.05. The maximum Gasteiger partial charge on any atom is 0.261 e. The molecule has 1 atom stereocenters. The van der Waals surface area contributed by atoms with Crippen LogP contribution in [0.1, 0.15) is 43.9 Å². The molecular formula is C22H29NO3. The van der Waals surface area contributed by atoms with E-state index in [0.717, 1.165) is 12.8 Å². The molecule has 0 aliphatic carbocycles. The average molecular weight is 355 g/mol. The summed E-state index contributed by atoms with van der Waals surface area (Å²) in [7, 11) is 1.59. The van der Waals surface area contributed by atoms with Crippen molar-refractivity contribution in [1.82, 2.24) is 5.32 Å². The second-order valence-corrected chi connectivity index (χ2v) is 6.19. The number of carbonyl (C=O) groups is 1. The van der Waals surface area contributed by atoms with E-state index in [-0.39, 0.29) is 5.91 Å². The zero-order valence-corrected chi connectivity index (χ0v) is 16.2. The molecule has 0 aliphatic rings. The molecule has 0 aliphatic heterocycles. The Kier molecular flexibility index (Phi) is 7.52. The number of methoxy groups -OCH3 is 1. The SMILES string of the molecule is CCc1ccc(CC)c(CNC(=O)[C@H](CC)Oc2ccccc2OC)c1. The largest absolute Gasteiger partial charge is 0.493 e. The molecule has 26 heavy (non-hydrogen) atoms. The van der Waals surface area contributed by atoms with Crippen molar-refractivity contribution >= 4 is 5.91 Å². The molecule has 0 aromatic heterocycles. The van der Waals surface area contributed by atoms with Crippen molar-refractivity contribution in [3.63, 3.8) is 0 Å². The first-order valence-corrected chi connectivity index (χ1v) is 9.30. The van der Waals surface area contributed by atoms with Gasteiger partial charge in [0.1, 0.15) is 0 Å². The summed E-state index contributed by atoms with van der Waals surface area (Å²) in [5, 5.41) is 3.03. The first-order valence-electron chi connectivity index (χ1n) is 9.30. The fourth-order valence-corrected chi connectivity index (χ4v) is 2.90. The quantitative estimate of drug-likeness (QED) is 0.730. The summed E-state index contributed by atoms with van der Waals surface area (Å²) in [6.07, 6.45) is 1.97. The van der Waals surface area contributed by atoms with E-state index >= 15 is 0 Å². The van der Waals surface area contributed by atoms with Crippen molar-refractivity contribution in [2.45, 2.75) is 52.7 Å². The monoisotopic (exact) mass is 355 g/mol. The van der Waals surface area contributed by atoms with Crippen LogP contribution in [0.25, 0.3) is 0 Å². The third kappa shape index (κ3) is 5.01. The number of para-hydroxylation sites is 2. The summed E-state index contributed by atoms with van der Waals surface area (Å²) in [4.78, 5) is 12.6. The van der Waals surface area contributed by atoms with Crippen molar-refractivity contribution in [3.05, 3.63) is 59.2 Å². The Morgan fingerprint density at radius 3 is 2.35 bits per heavy atom. The van der Waals surface area contributed by atoms with Gasteiger partial charge < -0.3 is 14.8 Å². The summed E-state index contributed by atoms with van der Waals surface area (Å²) in [5.74, 6) is 1.10. The van der Waals surface area contributed by atoms with Gasteiger partial charge in [-0.3, -0.25) is 4.79 Å². The van der Waals surface area contributed by atoms with E-state index in [0.29, 0.717) is 24.5 Å². The number of benzene rings is 2. The number of nitrogens with one attached hydrogen (secondary N) is 1. The number of ether oxygens (including phenoxy) is 2. The lowest BCUT2D eigenvalue weighted by atomic mass is 10.0.